The third-order valence-electron chi connectivity index (χ3n) is 5.01. The Labute approximate surface area is 158 Å². The topological polar surface area (TPSA) is 56.7 Å². The zero-order valence-corrected chi connectivity index (χ0v) is 15.6. The summed E-state index contributed by atoms with van der Waals surface area (Å²) in [6.07, 6.45) is 4.70. The zero-order valence-electron chi connectivity index (χ0n) is 14.8. The fourth-order valence-corrected chi connectivity index (χ4v) is 3.69. The number of rotatable bonds is 3. The van der Waals surface area contributed by atoms with Crippen LogP contribution in [-0.4, -0.2) is 60.1 Å². The second kappa shape index (κ2) is 7.50. The second-order valence-electron chi connectivity index (χ2n) is 6.72. The number of aromatic nitrogens is 2. The molecule has 0 amide bonds. The molecular weight excluding hydrogens is 348 g/mol. The van der Waals surface area contributed by atoms with Gasteiger partial charge >= 0.3 is 0 Å². The molecule has 136 valence electrons. The lowest BCUT2D eigenvalue weighted by Gasteiger charge is -2.36. The summed E-state index contributed by atoms with van der Waals surface area (Å²) in [5, 5.41) is 4.42. The summed E-state index contributed by atoms with van der Waals surface area (Å²) in [4.78, 5) is 17.7. The SMILES string of the molecule is CN=C(NC1CC1c1cccc(Cl)c1)N1CCN(c2ncccn2)CC1. The van der Waals surface area contributed by atoms with E-state index in [0.717, 1.165) is 49.5 Å². The first-order valence-electron chi connectivity index (χ1n) is 9.00. The van der Waals surface area contributed by atoms with Crippen molar-refractivity contribution in [1.82, 2.24) is 20.2 Å². The summed E-state index contributed by atoms with van der Waals surface area (Å²) in [5.41, 5.74) is 1.30. The maximum atomic E-state index is 6.12. The van der Waals surface area contributed by atoms with Crippen LogP contribution >= 0.6 is 11.6 Å². The predicted molar refractivity (Wildman–Crippen MR) is 105 cm³/mol. The molecule has 0 radical (unpaired) electrons. The van der Waals surface area contributed by atoms with Gasteiger partial charge in [0.05, 0.1) is 0 Å². The Bertz CT molecular complexity index is 773. The van der Waals surface area contributed by atoms with Crippen molar-refractivity contribution >= 4 is 23.5 Å². The Morgan fingerprint density at radius 3 is 2.62 bits per heavy atom. The van der Waals surface area contributed by atoms with Crippen LogP contribution in [0, 0.1) is 0 Å². The van der Waals surface area contributed by atoms with E-state index >= 15 is 0 Å². The van der Waals surface area contributed by atoms with Gasteiger partial charge in [-0.1, -0.05) is 23.7 Å². The normalized spacial score (nSPS) is 23.1. The molecule has 4 rings (SSSR count). The van der Waals surface area contributed by atoms with Gasteiger partial charge in [0.25, 0.3) is 0 Å². The smallest absolute Gasteiger partial charge is 0.225 e. The van der Waals surface area contributed by atoms with Gasteiger partial charge in [-0.3, -0.25) is 4.99 Å². The van der Waals surface area contributed by atoms with E-state index in [0.29, 0.717) is 12.0 Å². The predicted octanol–water partition coefficient (Wildman–Crippen LogP) is 2.38. The van der Waals surface area contributed by atoms with E-state index in [9.17, 15) is 0 Å². The molecular formula is C19H23ClN6. The Balaban J connectivity index is 1.32. The minimum Gasteiger partial charge on any atom is -0.353 e. The fourth-order valence-electron chi connectivity index (χ4n) is 3.50. The van der Waals surface area contributed by atoms with Crippen molar-refractivity contribution in [3.63, 3.8) is 0 Å². The lowest BCUT2D eigenvalue weighted by molar-refractivity contribution is 0.369. The largest absolute Gasteiger partial charge is 0.353 e. The first-order chi connectivity index (χ1) is 12.7. The summed E-state index contributed by atoms with van der Waals surface area (Å²) >= 11 is 6.12. The highest BCUT2D eigenvalue weighted by molar-refractivity contribution is 6.30. The zero-order chi connectivity index (χ0) is 17.9. The van der Waals surface area contributed by atoms with Crippen LogP contribution in [0.5, 0.6) is 0 Å². The summed E-state index contributed by atoms with van der Waals surface area (Å²) in [5.74, 6) is 2.30. The molecule has 1 aromatic heterocycles. The average Bonchev–Trinajstić information content (AvgIpc) is 3.46. The number of hydrogen-bond acceptors (Lipinski definition) is 4. The van der Waals surface area contributed by atoms with Gasteiger partial charge in [-0.25, -0.2) is 9.97 Å². The molecule has 2 heterocycles. The van der Waals surface area contributed by atoms with Crippen molar-refractivity contribution in [2.45, 2.75) is 18.4 Å². The first-order valence-corrected chi connectivity index (χ1v) is 9.38. The number of guanidine groups is 1. The highest BCUT2D eigenvalue weighted by Gasteiger charge is 2.40. The number of nitrogens with one attached hydrogen (secondary N) is 1. The van der Waals surface area contributed by atoms with Crippen LogP contribution in [0.4, 0.5) is 5.95 Å². The number of hydrogen-bond donors (Lipinski definition) is 1. The Kier molecular flexibility index (Phi) is 4.93. The highest BCUT2D eigenvalue weighted by atomic mass is 35.5. The van der Waals surface area contributed by atoms with Crippen LogP contribution in [0.25, 0.3) is 0 Å². The molecule has 7 heteroatoms. The Hall–Kier alpha value is -2.34. The average molecular weight is 371 g/mol. The van der Waals surface area contributed by atoms with Crippen LogP contribution in [-0.2, 0) is 0 Å². The minimum atomic E-state index is 0.433. The molecule has 1 N–H and O–H groups in total. The minimum absolute atomic E-state index is 0.433. The Morgan fingerprint density at radius 2 is 1.92 bits per heavy atom. The summed E-state index contributed by atoms with van der Waals surface area (Å²) in [7, 11) is 1.85. The van der Waals surface area contributed by atoms with Crippen molar-refractivity contribution in [3.8, 4) is 0 Å². The Morgan fingerprint density at radius 1 is 1.15 bits per heavy atom. The molecule has 1 aliphatic carbocycles. The van der Waals surface area contributed by atoms with Crippen LogP contribution in [0.3, 0.4) is 0 Å². The molecule has 0 spiro atoms. The van der Waals surface area contributed by atoms with E-state index in [-0.39, 0.29) is 0 Å². The van der Waals surface area contributed by atoms with E-state index in [2.05, 4.69) is 42.2 Å². The molecule has 26 heavy (non-hydrogen) atoms. The van der Waals surface area contributed by atoms with Crippen molar-refractivity contribution < 1.29 is 0 Å². The van der Waals surface area contributed by atoms with Gasteiger partial charge in [-0.05, 0) is 30.2 Å². The molecule has 0 bridgehead atoms. The van der Waals surface area contributed by atoms with E-state index in [4.69, 9.17) is 11.6 Å². The molecule has 2 atom stereocenters. The standard InChI is InChI=1S/C19H23ClN6/c1-21-18(24-17-13-16(17)14-4-2-5-15(20)12-14)25-8-10-26(11-9-25)19-22-6-3-7-23-19/h2-7,12,16-17H,8-11,13H2,1H3,(H,21,24). The summed E-state index contributed by atoms with van der Waals surface area (Å²) in [6, 6.07) is 10.4. The van der Waals surface area contributed by atoms with Crippen LogP contribution < -0.4 is 10.2 Å². The van der Waals surface area contributed by atoms with Gasteiger partial charge in [0.2, 0.25) is 5.95 Å². The number of benzene rings is 1. The molecule has 2 aromatic rings. The monoisotopic (exact) mass is 370 g/mol. The lowest BCUT2D eigenvalue weighted by Crippen LogP contribution is -2.53. The van der Waals surface area contributed by atoms with Crippen LogP contribution in [0.15, 0.2) is 47.7 Å². The number of anilines is 1. The maximum Gasteiger partial charge on any atom is 0.225 e. The molecule has 2 aliphatic rings. The molecule has 1 aromatic carbocycles. The van der Waals surface area contributed by atoms with Crippen molar-refractivity contribution in [3.05, 3.63) is 53.3 Å². The van der Waals surface area contributed by atoms with Gasteiger partial charge in [0.15, 0.2) is 5.96 Å². The highest BCUT2D eigenvalue weighted by Crippen LogP contribution is 2.41. The molecule has 1 aliphatic heterocycles. The summed E-state index contributed by atoms with van der Waals surface area (Å²) in [6.45, 7) is 3.61. The third-order valence-corrected chi connectivity index (χ3v) is 5.24. The quantitative estimate of drug-likeness (QED) is 0.664. The van der Waals surface area contributed by atoms with Gasteiger partial charge in [0.1, 0.15) is 0 Å². The molecule has 2 unspecified atom stereocenters. The van der Waals surface area contributed by atoms with Crippen LogP contribution in [0.2, 0.25) is 5.02 Å². The van der Waals surface area contributed by atoms with E-state index in [1.807, 2.05) is 25.2 Å². The lowest BCUT2D eigenvalue weighted by atomic mass is 10.1. The second-order valence-corrected chi connectivity index (χ2v) is 7.15. The number of aliphatic imine (C=N–C) groups is 1. The van der Waals surface area contributed by atoms with Gasteiger partial charge in [0, 0.05) is 62.6 Å². The number of piperazine rings is 1. The van der Waals surface area contributed by atoms with Crippen molar-refractivity contribution in [1.29, 1.82) is 0 Å². The first kappa shape index (κ1) is 17.1. The molecule has 2 fully saturated rings. The summed E-state index contributed by atoms with van der Waals surface area (Å²) < 4.78 is 0. The van der Waals surface area contributed by atoms with Gasteiger partial charge < -0.3 is 15.1 Å². The number of halogens is 1. The number of nitrogens with zero attached hydrogens (tertiary/aromatic N) is 5. The molecule has 1 saturated heterocycles. The molecule has 1 saturated carbocycles. The maximum absolute atomic E-state index is 6.12. The van der Waals surface area contributed by atoms with Crippen molar-refractivity contribution in [2.24, 2.45) is 4.99 Å². The van der Waals surface area contributed by atoms with E-state index in [1.165, 1.54) is 5.56 Å². The van der Waals surface area contributed by atoms with Crippen molar-refractivity contribution in [2.75, 3.05) is 38.1 Å². The van der Waals surface area contributed by atoms with E-state index in [1.54, 1.807) is 12.4 Å². The molecule has 6 nitrogen and oxygen atoms in total. The van der Waals surface area contributed by atoms with E-state index < -0.39 is 0 Å². The van der Waals surface area contributed by atoms with Gasteiger partial charge in [-0.15, -0.1) is 0 Å². The van der Waals surface area contributed by atoms with Crippen LogP contribution in [0.1, 0.15) is 17.9 Å². The third kappa shape index (κ3) is 3.75. The van der Waals surface area contributed by atoms with Gasteiger partial charge in [-0.2, -0.15) is 0 Å². The fraction of sp³-hybridized carbons (Fsp3) is 0.421.